The third kappa shape index (κ3) is 1.82. The Labute approximate surface area is 93.0 Å². The molecular formula is C11H14O5. The van der Waals surface area contributed by atoms with Crippen LogP contribution in [0.25, 0.3) is 0 Å². The molecule has 2 fully saturated rings. The fourth-order valence-corrected chi connectivity index (χ4v) is 2.24. The van der Waals surface area contributed by atoms with Gasteiger partial charge in [0.05, 0.1) is 12.2 Å². The third-order valence-corrected chi connectivity index (χ3v) is 3.11. The van der Waals surface area contributed by atoms with Gasteiger partial charge in [0.15, 0.2) is 0 Å². The summed E-state index contributed by atoms with van der Waals surface area (Å²) in [6.45, 7) is 2.89. The zero-order valence-corrected chi connectivity index (χ0v) is 8.85. The Kier molecular flexibility index (Phi) is 2.96. The van der Waals surface area contributed by atoms with Crippen molar-refractivity contribution < 1.29 is 24.2 Å². The van der Waals surface area contributed by atoms with E-state index < -0.39 is 24.6 Å². The highest BCUT2D eigenvalue weighted by Crippen LogP contribution is 2.38. The first-order valence-corrected chi connectivity index (χ1v) is 5.33. The van der Waals surface area contributed by atoms with Gasteiger partial charge >= 0.3 is 11.9 Å². The van der Waals surface area contributed by atoms with Gasteiger partial charge in [0, 0.05) is 5.92 Å². The maximum Gasteiger partial charge on any atom is 0.348 e. The predicted octanol–water partition coefficient (Wildman–Crippen LogP) is 0.172. The van der Waals surface area contributed by atoms with E-state index in [-0.39, 0.29) is 17.6 Å². The van der Waals surface area contributed by atoms with Crippen molar-refractivity contribution in [2.75, 3.05) is 6.61 Å². The highest BCUT2D eigenvalue weighted by molar-refractivity contribution is 5.90. The number of rotatable bonds is 3. The first kappa shape index (κ1) is 11.1. The SMILES string of the molecule is C=C(CO)C(=O)OC1C(=O)OC2CCCC21. The predicted molar refractivity (Wildman–Crippen MR) is 53.3 cm³/mol. The van der Waals surface area contributed by atoms with Crippen LogP contribution in [0.4, 0.5) is 0 Å². The third-order valence-electron chi connectivity index (χ3n) is 3.11. The van der Waals surface area contributed by atoms with Gasteiger partial charge in [-0.1, -0.05) is 6.58 Å². The average Bonchev–Trinajstić information content (AvgIpc) is 2.81. The van der Waals surface area contributed by atoms with Crippen molar-refractivity contribution in [3.8, 4) is 0 Å². The highest BCUT2D eigenvalue weighted by atomic mass is 16.6. The molecule has 2 rings (SSSR count). The van der Waals surface area contributed by atoms with Gasteiger partial charge in [0.1, 0.15) is 6.10 Å². The Balaban J connectivity index is 2.01. The van der Waals surface area contributed by atoms with Crippen molar-refractivity contribution in [1.82, 2.24) is 0 Å². The number of esters is 2. The minimum atomic E-state index is -0.816. The molecule has 0 radical (unpaired) electrons. The Morgan fingerprint density at radius 2 is 2.31 bits per heavy atom. The molecule has 1 aliphatic heterocycles. The summed E-state index contributed by atoms with van der Waals surface area (Å²) in [5.41, 5.74) is -0.0470. The van der Waals surface area contributed by atoms with Crippen molar-refractivity contribution in [3.63, 3.8) is 0 Å². The number of carbonyl (C=O) groups excluding carboxylic acids is 2. The first-order valence-electron chi connectivity index (χ1n) is 5.33. The lowest BCUT2D eigenvalue weighted by molar-refractivity contribution is -0.159. The van der Waals surface area contributed by atoms with E-state index in [1.165, 1.54) is 0 Å². The molecule has 0 bridgehead atoms. The van der Waals surface area contributed by atoms with Gasteiger partial charge in [-0.05, 0) is 19.3 Å². The van der Waals surface area contributed by atoms with Gasteiger partial charge < -0.3 is 14.6 Å². The number of carbonyl (C=O) groups is 2. The topological polar surface area (TPSA) is 72.8 Å². The maximum absolute atomic E-state index is 11.4. The second-order valence-corrected chi connectivity index (χ2v) is 4.16. The molecule has 0 aromatic carbocycles. The lowest BCUT2D eigenvalue weighted by Crippen LogP contribution is -2.30. The number of fused-ring (bicyclic) bond motifs is 1. The fraction of sp³-hybridized carbons (Fsp3) is 0.636. The molecule has 88 valence electrons. The van der Waals surface area contributed by atoms with Crippen LogP contribution >= 0.6 is 0 Å². The molecule has 0 aromatic heterocycles. The molecular weight excluding hydrogens is 212 g/mol. The first-order chi connectivity index (χ1) is 7.63. The molecule has 5 nitrogen and oxygen atoms in total. The van der Waals surface area contributed by atoms with Crippen LogP contribution in [-0.2, 0) is 19.1 Å². The average molecular weight is 226 g/mol. The molecule has 16 heavy (non-hydrogen) atoms. The second-order valence-electron chi connectivity index (χ2n) is 4.16. The van der Waals surface area contributed by atoms with E-state index in [1.54, 1.807) is 0 Å². The molecule has 5 heteroatoms. The number of ether oxygens (including phenoxy) is 2. The van der Waals surface area contributed by atoms with E-state index in [0.29, 0.717) is 0 Å². The molecule has 3 atom stereocenters. The van der Waals surface area contributed by atoms with Gasteiger partial charge in [-0.25, -0.2) is 9.59 Å². The van der Waals surface area contributed by atoms with Gasteiger partial charge in [0.25, 0.3) is 0 Å². The Morgan fingerprint density at radius 1 is 1.56 bits per heavy atom. The van der Waals surface area contributed by atoms with Gasteiger partial charge in [-0.15, -0.1) is 0 Å². The van der Waals surface area contributed by atoms with Crippen molar-refractivity contribution in [2.24, 2.45) is 5.92 Å². The molecule has 1 heterocycles. The Morgan fingerprint density at radius 3 is 3.00 bits per heavy atom. The molecule has 3 unspecified atom stereocenters. The van der Waals surface area contributed by atoms with E-state index in [2.05, 4.69) is 6.58 Å². The van der Waals surface area contributed by atoms with E-state index in [9.17, 15) is 9.59 Å². The van der Waals surface area contributed by atoms with Crippen LogP contribution in [0.5, 0.6) is 0 Å². The van der Waals surface area contributed by atoms with Crippen LogP contribution in [0.1, 0.15) is 19.3 Å². The summed E-state index contributed by atoms with van der Waals surface area (Å²) in [7, 11) is 0. The van der Waals surface area contributed by atoms with Crippen molar-refractivity contribution in [2.45, 2.75) is 31.5 Å². The lowest BCUT2D eigenvalue weighted by Gasteiger charge is -2.14. The summed E-state index contributed by atoms with van der Waals surface area (Å²) < 4.78 is 10.1. The molecule has 0 amide bonds. The van der Waals surface area contributed by atoms with Crippen LogP contribution < -0.4 is 0 Å². The van der Waals surface area contributed by atoms with E-state index in [1.807, 2.05) is 0 Å². The van der Waals surface area contributed by atoms with Gasteiger partial charge in [-0.2, -0.15) is 0 Å². The number of aliphatic hydroxyl groups excluding tert-OH is 1. The summed E-state index contributed by atoms with van der Waals surface area (Å²) in [6, 6.07) is 0. The zero-order valence-electron chi connectivity index (χ0n) is 8.85. The van der Waals surface area contributed by atoms with E-state index in [4.69, 9.17) is 14.6 Å². The Bertz CT molecular complexity index is 335. The summed E-state index contributed by atoms with van der Waals surface area (Å²) in [4.78, 5) is 22.8. The largest absolute Gasteiger partial charge is 0.459 e. The number of hydrogen-bond donors (Lipinski definition) is 1. The van der Waals surface area contributed by atoms with Crippen LogP contribution in [0, 0.1) is 5.92 Å². The summed E-state index contributed by atoms with van der Waals surface area (Å²) in [5, 5.41) is 8.72. The quantitative estimate of drug-likeness (QED) is 0.548. The van der Waals surface area contributed by atoms with Crippen LogP contribution in [-0.4, -0.2) is 35.9 Å². The fourth-order valence-electron chi connectivity index (χ4n) is 2.24. The lowest BCUT2D eigenvalue weighted by atomic mass is 10.0. The van der Waals surface area contributed by atoms with Crippen molar-refractivity contribution in [3.05, 3.63) is 12.2 Å². The van der Waals surface area contributed by atoms with E-state index in [0.717, 1.165) is 19.3 Å². The van der Waals surface area contributed by atoms with Crippen molar-refractivity contribution in [1.29, 1.82) is 0 Å². The molecule has 1 aliphatic carbocycles. The molecule has 1 saturated heterocycles. The monoisotopic (exact) mass is 226 g/mol. The molecule has 1 saturated carbocycles. The summed E-state index contributed by atoms with van der Waals surface area (Å²) in [5.74, 6) is -1.23. The zero-order chi connectivity index (χ0) is 11.7. The second kappa shape index (κ2) is 4.25. The molecule has 0 aromatic rings. The smallest absolute Gasteiger partial charge is 0.348 e. The van der Waals surface area contributed by atoms with Gasteiger partial charge in [0.2, 0.25) is 6.10 Å². The molecule has 1 N–H and O–H groups in total. The standard InChI is InChI=1S/C11H14O5/c1-6(5-12)10(13)16-9-7-3-2-4-8(7)15-11(9)14/h7-9,12H,1-5H2. The normalized spacial score (nSPS) is 32.1. The molecule has 0 spiro atoms. The summed E-state index contributed by atoms with van der Waals surface area (Å²) in [6.07, 6.45) is 1.74. The maximum atomic E-state index is 11.4. The Hall–Kier alpha value is -1.36. The van der Waals surface area contributed by atoms with Crippen molar-refractivity contribution >= 4 is 11.9 Å². The minimum absolute atomic E-state index is 0.0251. The highest BCUT2D eigenvalue weighted by Gasteiger charge is 2.49. The molecule has 2 aliphatic rings. The van der Waals surface area contributed by atoms with Crippen LogP contribution in [0.15, 0.2) is 12.2 Å². The van der Waals surface area contributed by atoms with Gasteiger partial charge in [-0.3, -0.25) is 0 Å². The summed E-state index contributed by atoms with van der Waals surface area (Å²) >= 11 is 0. The number of hydrogen-bond acceptors (Lipinski definition) is 5. The van der Waals surface area contributed by atoms with Crippen LogP contribution in [0.3, 0.4) is 0 Å². The van der Waals surface area contributed by atoms with E-state index >= 15 is 0 Å². The number of aliphatic hydroxyl groups is 1. The van der Waals surface area contributed by atoms with Crippen LogP contribution in [0.2, 0.25) is 0 Å². The minimum Gasteiger partial charge on any atom is -0.459 e.